The summed E-state index contributed by atoms with van der Waals surface area (Å²) in [5.74, 6) is 0. The van der Waals surface area contributed by atoms with E-state index in [1.54, 1.807) is 27.2 Å². The Morgan fingerprint density at radius 3 is 2.54 bits per heavy atom. The molecule has 130 valence electrons. The summed E-state index contributed by atoms with van der Waals surface area (Å²) in [6.07, 6.45) is 10.9. The number of nitrogens with zero attached hydrogens (tertiary/aromatic N) is 3. The summed E-state index contributed by atoms with van der Waals surface area (Å²) in [6.45, 7) is 4.34. The van der Waals surface area contributed by atoms with Crippen LogP contribution in [0.5, 0.6) is 0 Å². The molecule has 1 saturated carbocycles. The third kappa shape index (κ3) is 3.84. The highest BCUT2D eigenvalue weighted by molar-refractivity contribution is 5.76. The second-order valence-corrected chi connectivity index (χ2v) is 7.18. The van der Waals surface area contributed by atoms with E-state index < -0.39 is 5.60 Å². The maximum absolute atomic E-state index is 10.0. The van der Waals surface area contributed by atoms with Crippen molar-refractivity contribution in [1.82, 2.24) is 9.88 Å². The zero-order valence-electron chi connectivity index (χ0n) is 14.8. The van der Waals surface area contributed by atoms with E-state index in [0.717, 1.165) is 43.5 Å². The van der Waals surface area contributed by atoms with Gasteiger partial charge in [0.1, 0.15) is 5.60 Å². The van der Waals surface area contributed by atoms with Gasteiger partial charge in [-0.2, -0.15) is 0 Å². The van der Waals surface area contributed by atoms with E-state index in [4.69, 9.17) is 4.74 Å². The van der Waals surface area contributed by atoms with Gasteiger partial charge in [-0.05, 0) is 51.7 Å². The lowest BCUT2D eigenvalue weighted by molar-refractivity contribution is 0.0501. The standard InChI is InChI=1S/C19H27N3O2/c1-19(2,23)18-9-4-14(12-21-18)17-13-22(11-10-20-17)15-5-7-16(24-3)8-6-15/h4,9-10,12-13,15-16,23H,5-8,11H2,1-3H3/t15-,16+. The van der Waals surface area contributed by atoms with Crippen LogP contribution in [0.25, 0.3) is 5.70 Å². The third-order valence-corrected chi connectivity index (χ3v) is 4.94. The second-order valence-electron chi connectivity index (χ2n) is 7.18. The van der Waals surface area contributed by atoms with E-state index in [2.05, 4.69) is 21.1 Å². The number of rotatable bonds is 4. The molecule has 1 fully saturated rings. The van der Waals surface area contributed by atoms with Crippen LogP contribution in [0.4, 0.5) is 0 Å². The van der Waals surface area contributed by atoms with Crippen molar-refractivity contribution in [2.24, 2.45) is 4.99 Å². The first-order valence-corrected chi connectivity index (χ1v) is 8.69. The van der Waals surface area contributed by atoms with Crippen LogP contribution in [0, 0.1) is 0 Å². The van der Waals surface area contributed by atoms with E-state index >= 15 is 0 Å². The van der Waals surface area contributed by atoms with Crippen LogP contribution in [-0.2, 0) is 10.3 Å². The Balaban J connectivity index is 1.71. The lowest BCUT2D eigenvalue weighted by Crippen LogP contribution is -2.38. The molecule has 5 heteroatoms. The van der Waals surface area contributed by atoms with E-state index in [1.807, 2.05) is 18.3 Å². The fraction of sp³-hybridized carbons (Fsp3) is 0.579. The molecular weight excluding hydrogens is 302 g/mol. The third-order valence-electron chi connectivity index (χ3n) is 4.94. The van der Waals surface area contributed by atoms with Crippen molar-refractivity contribution in [3.05, 3.63) is 35.8 Å². The molecule has 0 atom stereocenters. The number of aliphatic imine (C=N–C) groups is 1. The van der Waals surface area contributed by atoms with Crippen LogP contribution >= 0.6 is 0 Å². The number of hydrogen-bond acceptors (Lipinski definition) is 5. The lowest BCUT2D eigenvalue weighted by atomic mass is 9.91. The number of hydrogen-bond donors (Lipinski definition) is 1. The van der Waals surface area contributed by atoms with Gasteiger partial charge in [-0.1, -0.05) is 0 Å². The predicted molar refractivity (Wildman–Crippen MR) is 95.7 cm³/mol. The highest BCUT2D eigenvalue weighted by Crippen LogP contribution is 2.28. The molecule has 1 aliphatic heterocycles. The van der Waals surface area contributed by atoms with E-state index in [9.17, 15) is 5.11 Å². The molecule has 0 aromatic carbocycles. The Morgan fingerprint density at radius 1 is 1.21 bits per heavy atom. The minimum Gasteiger partial charge on any atom is -0.384 e. The Morgan fingerprint density at radius 2 is 1.96 bits per heavy atom. The van der Waals surface area contributed by atoms with E-state index in [-0.39, 0.29) is 0 Å². The molecule has 0 spiro atoms. The van der Waals surface area contributed by atoms with Crippen molar-refractivity contribution >= 4 is 11.9 Å². The van der Waals surface area contributed by atoms with Crippen molar-refractivity contribution in [1.29, 1.82) is 0 Å². The predicted octanol–water partition coefficient (Wildman–Crippen LogP) is 2.95. The summed E-state index contributed by atoms with van der Waals surface area (Å²) in [7, 11) is 1.81. The van der Waals surface area contributed by atoms with Gasteiger partial charge in [0.2, 0.25) is 0 Å². The second kappa shape index (κ2) is 7.03. The van der Waals surface area contributed by atoms with E-state index in [0.29, 0.717) is 17.8 Å². The first-order valence-electron chi connectivity index (χ1n) is 8.69. The molecule has 1 aromatic rings. The number of aromatic nitrogens is 1. The molecule has 1 aliphatic carbocycles. The molecular formula is C19H27N3O2. The molecule has 5 nitrogen and oxygen atoms in total. The molecule has 1 aromatic heterocycles. The van der Waals surface area contributed by atoms with Gasteiger partial charge in [-0.3, -0.25) is 9.98 Å². The summed E-state index contributed by atoms with van der Waals surface area (Å²) in [6, 6.07) is 4.41. The first-order chi connectivity index (χ1) is 11.5. The molecule has 0 unspecified atom stereocenters. The van der Waals surface area contributed by atoms with Crippen molar-refractivity contribution in [3.8, 4) is 0 Å². The van der Waals surface area contributed by atoms with Crippen molar-refractivity contribution in [2.45, 2.75) is 57.3 Å². The maximum atomic E-state index is 10.0. The first kappa shape index (κ1) is 17.1. The molecule has 3 rings (SSSR count). The van der Waals surface area contributed by atoms with Crippen LogP contribution in [0.1, 0.15) is 50.8 Å². The molecule has 2 aliphatic rings. The van der Waals surface area contributed by atoms with Gasteiger partial charge in [-0.15, -0.1) is 0 Å². The van der Waals surface area contributed by atoms with Gasteiger partial charge in [0.15, 0.2) is 0 Å². The molecule has 0 bridgehead atoms. The van der Waals surface area contributed by atoms with Gasteiger partial charge in [0.05, 0.1) is 24.0 Å². The largest absolute Gasteiger partial charge is 0.384 e. The minimum absolute atomic E-state index is 0.418. The van der Waals surface area contributed by atoms with Crippen LogP contribution in [0.3, 0.4) is 0 Å². The molecule has 0 amide bonds. The molecule has 0 saturated heterocycles. The van der Waals surface area contributed by atoms with Crippen molar-refractivity contribution in [2.75, 3.05) is 13.7 Å². The number of aliphatic hydroxyl groups is 1. The fourth-order valence-corrected chi connectivity index (χ4v) is 3.40. The van der Waals surface area contributed by atoms with Crippen LogP contribution in [0.2, 0.25) is 0 Å². The topological polar surface area (TPSA) is 58.0 Å². The molecule has 1 N–H and O–H groups in total. The molecule has 24 heavy (non-hydrogen) atoms. The highest BCUT2D eigenvalue weighted by Gasteiger charge is 2.25. The molecule has 0 radical (unpaired) electrons. The summed E-state index contributed by atoms with van der Waals surface area (Å²) in [5, 5.41) is 10.0. The van der Waals surface area contributed by atoms with Crippen molar-refractivity contribution < 1.29 is 9.84 Å². The number of methoxy groups -OCH3 is 1. The van der Waals surface area contributed by atoms with Crippen LogP contribution in [0.15, 0.2) is 29.5 Å². The van der Waals surface area contributed by atoms with Gasteiger partial charge in [0.25, 0.3) is 0 Å². The average Bonchev–Trinajstić information content (AvgIpc) is 2.61. The average molecular weight is 329 g/mol. The Bertz CT molecular complexity index is 608. The summed E-state index contributed by atoms with van der Waals surface area (Å²) >= 11 is 0. The van der Waals surface area contributed by atoms with Gasteiger partial charge >= 0.3 is 0 Å². The fourth-order valence-electron chi connectivity index (χ4n) is 3.40. The minimum atomic E-state index is -0.922. The number of pyridine rings is 1. The number of ether oxygens (including phenoxy) is 1. The van der Waals surface area contributed by atoms with Crippen LogP contribution < -0.4 is 0 Å². The lowest BCUT2D eigenvalue weighted by Gasteiger charge is -2.36. The Labute approximate surface area is 144 Å². The Hall–Kier alpha value is -1.72. The quantitative estimate of drug-likeness (QED) is 0.923. The van der Waals surface area contributed by atoms with Crippen LogP contribution in [-0.4, -0.2) is 47.0 Å². The zero-order valence-corrected chi connectivity index (χ0v) is 14.8. The zero-order chi connectivity index (χ0) is 17.2. The maximum Gasteiger partial charge on any atom is 0.101 e. The smallest absolute Gasteiger partial charge is 0.101 e. The molecule has 2 heterocycles. The van der Waals surface area contributed by atoms with Gasteiger partial charge in [-0.25, -0.2) is 0 Å². The van der Waals surface area contributed by atoms with Crippen molar-refractivity contribution in [3.63, 3.8) is 0 Å². The summed E-state index contributed by atoms with van der Waals surface area (Å²) in [4.78, 5) is 11.3. The SMILES string of the molecule is CO[C@H]1CC[C@@H](N2C=C(c3ccc(C(C)(C)O)nc3)N=CC2)CC1. The highest BCUT2D eigenvalue weighted by atomic mass is 16.5. The normalized spacial score (nSPS) is 24.8. The Kier molecular flexibility index (Phi) is 5.01. The summed E-state index contributed by atoms with van der Waals surface area (Å²) in [5.41, 5.74) is 1.66. The van der Waals surface area contributed by atoms with Gasteiger partial charge in [0, 0.05) is 37.3 Å². The summed E-state index contributed by atoms with van der Waals surface area (Å²) < 4.78 is 5.47. The monoisotopic (exact) mass is 329 g/mol. The van der Waals surface area contributed by atoms with Gasteiger partial charge < -0.3 is 14.7 Å². The van der Waals surface area contributed by atoms with E-state index in [1.165, 1.54) is 0 Å².